The Morgan fingerprint density at radius 3 is 2.20 bits per heavy atom. The van der Waals surface area contributed by atoms with E-state index in [1.165, 1.54) is 0 Å². The van der Waals surface area contributed by atoms with Crippen LogP contribution in [0.5, 0.6) is 11.5 Å². The van der Waals surface area contributed by atoms with Gasteiger partial charge in [-0.15, -0.1) is 0 Å². The molecular formula is C15H15BrClNO2. The smallest absolute Gasteiger partial charge is 0.133 e. The molecule has 1 atom stereocenters. The fraction of sp³-hybridized carbons (Fsp3) is 0.200. The van der Waals surface area contributed by atoms with Gasteiger partial charge in [-0.25, -0.2) is 0 Å². The molecule has 2 aromatic rings. The van der Waals surface area contributed by atoms with Crippen LogP contribution in [0.25, 0.3) is 0 Å². The van der Waals surface area contributed by atoms with Crippen molar-refractivity contribution in [2.75, 3.05) is 14.2 Å². The van der Waals surface area contributed by atoms with E-state index in [4.69, 9.17) is 26.8 Å². The highest BCUT2D eigenvalue weighted by molar-refractivity contribution is 9.10. The van der Waals surface area contributed by atoms with Crippen LogP contribution in [0.1, 0.15) is 17.2 Å². The zero-order chi connectivity index (χ0) is 14.7. The maximum Gasteiger partial charge on any atom is 0.133 e. The predicted molar refractivity (Wildman–Crippen MR) is 84.7 cm³/mol. The molecule has 0 saturated heterocycles. The molecule has 0 spiro atoms. The van der Waals surface area contributed by atoms with Gasteiger partial charge in [-0.3, -0.25) is 0 Å². The van der Waals surface area contributed by atoms with E-state index in [1.807, 2.05) is 36.4 Å². The lowest BCUT2D eigenvalue weighted by molar-refractivity contribution is 0.395. The van der Waals surface area contributed by atoms with Crippen LogP contribution < -0.4 is 15.2 Å². The van der Waals surface area contributed by atoms with Gasteiger partial charge in [0.25, 0.3) is 0 Å². The van der Waals surface area contributed by atoms with Crippen LogP contribution in [0.3, 0.4) is 0 Å². The molecule has 0 bridgehead atoms. The molecular weight excluding hydrogens is 342 g/mol. The third kappa shape index (κ3) is 3.08. The summed E-state index contributed by atoms with van der Waals surface area (Å²) in [6.07, 6.45) is 0. The number of hydrogen-bond acceptors (Lipinski definition) is 3. The Balaban J connectivity index is 2.47. The van der Waals surface area contributed by atoms with Crippen molar-refractivity contribution >= 4 is 27.5 Å². The average molecular weight is 357 g/mol. The summed E-state index contributed by atoms with van der Waals surface area (Å²) in [5.41, 5.74) is 8.13. The SMILES string of the molecule is COc1cc(C(N)c2ccc(Cl)cc2)c(OC)cc1Br. The van der Waals surface area contributed by atoms with Crippen LogP contribution in [-0.2, 0) is 0 Å². The van der Waals surface area contributed by atoms with Crippen molar-refractivity contribution in [1.82, 2.24) is 0 Å². The molecule has 0 fully saturated rings. The third-order valence-corrected chi connectivity index (χ3v) is 3.94. The van der Waals surface area contributed by atoms with Crippen molar-refractivity contribution in [1.29, 1.82) is 0 Å². The molecule has 0 aliphatic rings. The minimum Gasteiger partial charge on any atom is -0.496 e. The lowest BCUT2D eigenvalue weighted by Crippen LogP contribution is -2.13. The van der Waals surface area contributed by atoms with Crippen LogP contribution in [0.2, 0.25) is 5.02 Å². The largest absolute Gasteiger partial charge is 0.496 e. The Bertz CT molecular complexity index is 602. The van der Waals surface area contributed by atoms with Crippen molar-refractivity contribution in [2.45, 2.75) is 6.04 Å². The second kappa shape index (κ2) is 6.48. The molecule has 2 aromatic carbocycles. The van der Waals surface area contributed by atoms with Gasteiger partial charge in [-0.1, -0.05) is 23.7 Å². The Labute approximate surface area is 131 Å². The van der Waals surface area contributed by atoms with E-state index in [-0.39, 0.29) is 6.04 Å². The highest BCUT2D eigenvalue weighted by atomic mass is 79.9. The van der Waals surface area contributed by atoms with E-state index in [0.717, 1.165) is 15.6 Å². The molecule has 106 valence electrons. The molecule has 0 radical (unpaired) electrons. The van der Waals surface area contributed by atoms with Crippen LogP contribution in [0.15, 0.2) is 40.9 Å². The lowest BCUT2D eigenvalue weighted by atomic mass is 9.98. The highest BCUT2D eigenvalue weighted by Crippen LogP contribution is 2.37. The summed E-state index contributed by atoms with van der Waals surface area (Å²) in [5, 5.41) is 0.682. The van der Waals surface area contributed by atoms with Gasteiger partial charge in [0.1, 0.15) is 11.5 Å². The molecule has 0 heterocycles. The number of ether oxygens (including phenoxy) is 2. The second-order valence-corrected chi connectivity index (χ2v) is 5.55. The Hall–Kier alpha value is -1.23. The highest BCUT2D eigenvalue weighted by Gasteiger charge is 2.17. The zero-order valence-corrected chi connectivity index (χ0v) is 13.5. The second-order valence-electron chi connectivity index (χ2n) is 4.26. The fourth-order valence-electron chi connectivity index (χ4n) is 1.98. The van der Waals surface area contributed by atoms with Gasteiger partial charge in [0.15, 0.2) is 0 Å². The normalized spacial score (nSPS) is 12.1. The van der Waals surface area contributed by atoms with Crippen LogP contribution >= 0.6 is 27.5 Å². The summed E-state index contributed by atoms with van der Waals surface area (Å²) in [6.45, 7) is 0. The predicted octanol–water partition coefficient (Wildman–Crippen LogP) is 4.17. The van der Waals surface area contributed by atoms with E-state index >= 15 is 0 Å². The molecule has 2 rings (SSSR count). The Morgan fingerprint density at radius 1 is 1.05 bits per heavy atom. The van der Waals surface area contributed by atoms with Gasteiger partial charge in [-0.2, -0.15) is 0 Å². The number of methoxy groups -OCH3 is 2. The molecule has 0 saturated carbocycles. The summed E-state index contributed by atoms with van der Waals surface area (Å²) < 4.78 is 11.5. The van der Waals surface area contributed by atoms with E-state index in [9.17, 15) is 0 Å². The first-order valence-electron chi connectivity index (χ1n) is 5.99. The molecule has 20 heavy (non-hydrogen) atoms. The summed E-state index contributed by atoms with van der Waals surface area (Å²) in [7, 11) is 3.23. The average Bonchev–Trinajstić information content (AvgIpc) is 2.47. The van der Waals surface area contributed by atoms with Crippen LogP contribution in [0, 0.1) is 0 Å². The minimum absolute atomic E-state index is 0.316. The van der Waals surface area contributed by atoms with E-state index in [2.05, 4.69) is 15.9 Å². The summed E-state index contributed by atoms with van der Waals surface area (Å²) in [6, 6.07) is 10.9. The lowest BCUT2D eigenvalue weighted by Gasteiger charge is -2.18. The first-order chi connectivity index (χ1) is 9.56. The zero-order valence-electron chi connectivity index (χ0n) is 11.2. The minimum atomic E-state index is -0.316. The molecule has 1 unspecified atom stereocenters. The van der Waals surface area contributed by atoms with Crippen LogP contribution in [-0.4, -0.2) is 14.2 Å². The number of halogens is 2. The topological polar surface area (TPSA) is 44.5 Å². The van der Waals surface area contributed by atoms with E-state index in [0.29, 0.717) is 16.5 Å². The van der Waals surface area contributed by atoms with Crippen molar-refractivity contribution in [2.24, 2.45) is 5.73 Å². The van der Waals surface area contributed by atoms with Gasteiger partial charge in [0, 0.05) is 10.6 Å². The maximum absolute atomic E-state index is 6.32. The van der Waals surface area contributed by atoms with Gasteiger partial charge < -0.3 is 15.2 Å². The number of nitrogens with two attached hydrogens (primary N) is 1. The van der Waals surface area contributed by atoms with Gasteiger partial charge in [0.05, 0.1) is 24.7 Å². The third-order valence-electron chi connectivity index (χ3n) is 3.07. The monoisotopic (exact) mass is 355 g/mol. The van der Waals surface area contributed by atoms with E-state index < -0.39 is 0 Å². The Kier molecular flexibility index (Phi) is 4.91. The molecule has 0 aromatic heterocycles. The number of benzene rings is 2. The summed E-state index contributed by atoms with van der Waals surface area (Å²) in [5.74, 6) is 1.42. The van der Waals surface area contributed by atoms with Crippen molar-refractivity contribution < 1.29 is 9.47 Å². The molecule has 3 nitrogen and oxygen atoms in total. The van der Waals surface area contributed by atoms with E-state index in [1.54, 1.807) is 14.2 Å². The molecule has 5 heteroatoms. The van der Waals surface area contributed by atoms with Crippen molar-refractivity contribution in [3.8, 4) is 11.5 Å². The molecule has 0 amide bonds. The van der Waals surface area contributed by atoms with Gasteiger partial charge >= 0.3 is 0 Å². The number of hydrogen-bond donors (Lipinski definition) is 1. The number of rotatable bonds is 4. The van der Waals surface area contributed by atoms with Gasteiger partial charge in [0.2, 0.25) is 0 Å². The maximum atomic E-state index is 6.32. The first kappa shape index (κ1) is 15.2. The molecule has 0 aliphatic heterocycles. The first-order valence-corrected chi connectivity index (χ1v) is 7.16. The molecule has 2 N–H and O–H groups in total. The van der Waals surface area contributed by atoms with Crippen LogP contribution in [0.4, 0.5) is 0 Å². The summed E-state index contributed by atoms with van der Waals surface area (Å²) in [4.78, 5) is 0. The molecule has 0 aliphatic carbocycles. The Morgan fingerprint density at radius 2 is 1.65 bits per heavy atom. The summed E-state index contributed by atoms with van der Waals surface area (Å²) >= 11 is 9.33. The van der Waals surface area contributed by atoms with Gasteiger partial charge in [-0.05, 0) is 45.8 Å². The van der Waals surface area contributed by atoms with Crippen molar-refractivity contribution in [3.05, 3.63) is 57.0 Å². The fourth-order valence-corrected chi connectivity index (χ4v) is 2.59. The van der Waals surface area contributed by atoms with Crippen molar-refractivity contribution in [3.63, 3.8) is 0 Å². The standard InChI is InChI=1S/C15H15BrClNO2/c1-19-13-8-12(16)14(20-2)7-11(13)15(18)9-3-5-10(17)6-4-9/h3-8,15H,18H2,1-2H3. The quantitative estimate of drug-likeness (QED) is 0.894.